The van der Waals surface area contributed by atoms with E-state index in [1.165, 1.54) is 36.8 Å². The lowest BCUT2D eigenvalue weighted by molar-refractivity contribution is 0.324. The Morgan fingerprint density at radius 3 is 2.71 bits per heavy atom. The van der Waals surface area contributed by atoms with Crippen LogP contribution in [0.4, 0.5) is 0 Å². The molecule has 0 spiro atoms. The molecule has 0 aliphatic carbocycles. The smallest absolute Gasteiger partial charge is 0.0670 e. The first-order chi connectivity index (χ1) is 8.34. The summed E-state index contributed by atoms with van der Waals surface area (Å²) in [5.74, 6) is 0. The average Bonchev–Trinajstić information content (AvgIpc) is 2.95. The molecular formula is C14H17ClN2. The van der Waals surface area contributed by atoms with E-state index in [9.17, 15) is 0 Å². The van der Waals surface area contributed by atoms with Crippen molar-refractivity contribution in [2.45, 2.75) is 19.4 Å². The molecule has 90 valence electrons. The first kappa shape index (κ1) is 11.1. The number of hydrogen-bond donors (Lipinski definition) is 0. The van der Waals surface area contributed by atoms with Crippen LogP contribution < -0.4 is 0 Å². The lowest BCUT2D eigenvalue weighted by Gasteiger charge is -2.15. The zero-order valence-electron chi connectivity index (χ0n) is 9.90. The summed E-state index contributed by atoms with van der Waals surface area (Å²) in [6, 6.07) is 8.24. The van der Waals surface area contributed by atoms with E-state index in [1.807, 2.05) is 12.1 Å². The molecule has 2 heterocycles. The number of rotatable bonds is 3. The standard InChI is InChI=1S/C14H17ClN2/c15-13-5-3-4-12-6-9-17(14(12)13)11-10-16-7-1-2-8-16/h3-6,9H,1-2,7-8,10-11H2. The van der Waals surface area contributed by atoms with Crippen LogP contribution in [0.1, 0.15) is 12.8 Å². The molecule has 3 heteroatoms. The molecule has 0 atom stereocenters. The van der Waals surface area contributed by atoms with Gasteiger partial charge in [-0.1, -0.05) is 23.7 Å². The second-order valence-corrected chi connectivity index (χ2v) is 5.14. The van der Waals surface area contributed by atoms with Crippen LogP contribution in [-0.2, 0) is 6.54 Å². The van der Waals surface area contributed by atoms with Gasteiger partial charge in [0, 0.05) is 24.7 Å². The highest BCUT2D eigenvalue weighted by molar-refractivity contribution is 6.35. The molecular weight excluding hydrogens is 232 g/mol. The number of likely N-dealkylation sites (tertiary alicyclic amines) is 1. The molecule has 0 saturated carbocycles. The Morgan fingerprint density at radius 1 is 1.06 bits per heavy atom. The van der Waals surface area contributed by atoms with Gasteiger partial charge >= 0.3 is 0 Å². The van der Waals surface area contributed by atoms with Gasteiger partial charge in [0.05, 0.1) is 10.5 Å². The number of benzene rings is 1. The van der Waals surface area contributed by atoms with Gasteiger partial charge in [-0.05, 0) is 38.1 Å². The van der Waals surface area contributed by atoms with Gasteiger partial charge in [0.15, 0.2) is 0 Å². The molecule has 0 bridgehead atoms. The van der Waals surface area contributed by atoms with E-state index in [0.717, 1.165) is 18.1 Å². The maximum Gasteiger partial charge on any atom is 0.0670 e. The van der Waals surface area contributed by atoms with Crippen molar-refractivity contribution in [3.63, 3.8) is 0 Å². The topological polar surface area (TPSA) is 8.17 Å². The molecule has 0 unspecified atom stereocenters. The van der Waals surface area contributed by atoms with E-state index in [4.69, 9.17) is 11.6 Å². The fraction of sp³-hybridized carbons (Fsp3) is 0.429. The molecule has 1 saturated heterocycles. The van der Waals surface area contributed by atoms with E-state index in [1.54, 1.807) is 0 Å². The molecule has 1 aliphatic rings. The average molecular weight is 249 g/mol. The highest BCUT2D eigenvalue weighted by Gasteiger charge is 2.11. The van der Waals surface area contributed by atoms with Gasteiger partial charge in [0.1, 0.15) is 0 Å². The zero-order valence-corrected chi connectivity index (χ0v) is 10.7. The highest BCUT2D eigenvalue weighted by atomic mass is 35.5. The minimum Gasteiger partial charge on any atom is -0.345 e. The highest BCUT2D eigenvalue weighted by Crippen LogP contribution is 2.24. The summed E-state index contributed by atoms with van der Waals surface area (Å²) in [5.41, 5.74) is 1.17. The largest absolute Gasteiger partial charge is 0.345 e. The normalized spacial score (nSPS) is 17.0. The van der Waals surface area contributed by atoms with Gasteiger partial charge in [-0.3, -0.25) is 0 Å². The Labute approximate surface area is 107 Å². The van der Waals surface area contributed by atoms with Crippen molar-refractivity contribution in [1.82, 2.24) is 9.47 Å². The fourth-order valence-corrected chi connectivity index (χ4v) is 2.95. The first-order valence-corrected chi connectivity index (χ1v) is 6.68. The van der Waals surface area contributed by atoms with Gasteiger partial charge in [0.25, 0.3) is 0 Å². The molecule has 17 heavy (non-hydrogen) atoms. The third kappa shape index (κ3) is 2.20. The van der Waals surface area contributed by atoms with Crippen molar-refractivity contribution in [1.29, 1.82) is 0 Å². The molecule has 0 N–H and O–H groups in total. The van der Waals surface area contributed by atoms with Gasteiger partial charge in [-0.15, -0.1) is 0 Å². The Kier molecular flexibility index (Phi) is 3.08. The minimum atomic E-state index is 0.855. The Balaban J connectivity index is 1.80. The first-order valence-electron chi connectivity index (χ1n) is 6.30. The summed E-state index contributed by atoms with van der Waals surface area (Å²) >= 11 is 6.26. The molecule has 1 aromatic carbocycles. The van der Waals surface area contributed by atoms with E-state index in [2.05, 4.69) is 27.8 Å². The zero-order chi connectivity index (χ0) is 11.7. The maximum absolute atomic E-state index is 6.26. The van der Waals surface area contributed by atoms with Crippen molar-refractivity contribution in [3.8, 4) is 0 Å². The Morgan fingerprint density at radius 2 is 1.88 bits per heavy atom. The summed E-state index contributed by atoms with van der Waals surface area (Å²) in [7, 11) is 0. The lowest BCUT2D eigenvalue weighted by atomic mass is 10.2. The third-order valence-electron chi connectivity index (χ3n) is 3.60. The van der Waals surface area contributed by atoms with Gasteiger partial charge in [-0.25, -0.2) is 0 Å². The van der Waals surface area contributed by atoms with Gasteiger partial charge in [0.2, 0.25) is 0 Å². The number of fused-ring (bicyclic) bond motifs is 1. The molecule has 1 aromatic heterocycles. The second kappa shape index (κ2) is 4.71. The number of nitrogens with zero attached hydrogens (tertiary/aromatic N) is 2. The van der Waals surface area contributed by atoms with Gasteiger partial charge < -0.3 is 9.47 Å². The maximum atomic E-state index is 6.26. The van der Waals surface area contributed by atoms with Crippen molar-refractivity contribution in [2.24, 2.45) is 0 Å². The SMILES string of the molecule is Clc1cccc2ccn(CCN3CCCC3)c12. The van der Waals surface area contributed by atoms with Crippen LogP contribution in [0, 0.1) is 0 Å². The minimum absolute atomic E-state index is 0.855. The van der Waals surface area contributed by atoms with Crippen molar-refractivity contribution in [2.75, 3.05) is 19.6 Å². The summed E-state index contributed by atoms with van der Waals surface area (Å²) in [5, 5.41) is 2.09. The number of aromatic nitrogens is 1. The fourth-order valence-electron chi connectivity index (χ4n) is 2.66. The van der Waals surface area contributed by atoms with Crippen LogP contribution in [0.5, 0.6) is 0 Å². The monoisotopic (exact) mass is 248 g/mol. The number of hydrogen-bond acceptors (Lipinski definition) is 1. The number of halogens is 1. The molecule has 1 fully saturated rings. The predicted octanol–water partition coefficient (Wildman–Crippen LogP) is 3.39. The van der Waals surface area contributed by atoms with E-state index < -0.39 is 0 Å². The van der Waals surface area contributed by atoms with E-state index in [0.29, 0.717) is 0 Å². The molecule has 0 radical (unpaired) electrons. The van der Waals surface area contributed by atoms with Crippen LogP contribution >= 0.6 is 11.6 Å². The summed E-state index contributed by atoms with van der Waals surface area (Å²) in [6.07, 6.45) is 4.85. The van der Waals surface area contributed by atoms with E-state index in [-0.39, 0.29) is 0 Å². The van der Waals surface area contributed by atoms with E-state index >= 15 is 0 Å². The van der Waals surface area contributed by atoms with Crippen LogP contribution in [0.25, 0.3) is 10.9 Å². The lowest BCUT2D eigenvalue weighted by Crippen LogP contribution is -2.23. The number of para-hydroxylation sites is 1. The molecule has 2 aromatic rings. The predicted molar refractivity (Wildman–Crippen MR) is 72.6 cm³/mol. The second-order valence-electron chi connectivity index (χ2n) is 4.74. The summed E-state index contributed by atoms with van der Waals surface area (Å²) < 4.78 is 2.27. The Hall–Kier alpha value is -0.990. The Bertz CT molecular complexity index is 512. The molecule has 0 amide bonds. The van der Waals surface area contributed by atoms with Crippen molar-refractivity contribution in [3.05, 3.63) is 35.5 Å². The molecule has 3 rings (SSSR count). The quantitative estimate of drug-likeness (QED) is 0.808. The van der Waals surface area contributed by atoms with Crippen molar-refractivity contribution >= 4 is 22.5 Å². The van der Waals surface area contributed by atoms with Crippen LogP contribution in [-0.4, -0.2) is 29.1 Å². The van der Waals surface area contributed by atoms with Crippen LogP contribution in [0.15, 0.2) is 30.5 Å². The van der Waals surface area contributed by atoms with Crippen molar-refractivity contribution < 1.29 is 0 Å². The summed E-state index contributed by atoms with van der Waals surface area (Å²) in [6.45, 7) is 4.68. The molecule has 1 aliphatic heterocycles. The molecule has 2 nitrogen and oxygen atoms in total. The van der Waals surface area contributed by atoms with Crippen LogP contribution in [0.3, 0.4) is 0 Å². The van der Waals surface area contributed by atoms with Gasteiger partial charge in [-0.2, -0.15) is 0 Å². The third-order valence-corrected chi connectivity index (χ3v) is 3.90. The summed E-state index contributed by atoms with van der Waals surface area (Å²) in [4.78, 5) is 2.53. The van der Waals surface area contributed by atoms with Crippen LogP contribution in [0.2, 0.25) is 5.02 Å².